The van der Waals surface area contributed by atoms with E-state index in [2.05, 4.69) is 12.2 Å². The molecule has 0 rings (SSSR count). The Morgan fingerprint density at radius 3 is 2.73 bits per heavy atom. The summed E-state index contributed by atoms with van der Waals surface area (Å²) in [6.45, 7) is 5.78. The van der Waals surface area contributed by atoms with Crippen LogP contribution in [0.2, 0.25) is 0 Å². The van der Waals surface area contributed by atoms with Gasteiger partial charge < -0.3 is 10.4 Å². The van der Waals surface area contributed by atoms with Gasteiger partial charge >= 0.3 is 0 Å². The molecule has 0 heterocycles. The molecule has 0 saturated heterocycles. The van der Waals surface area contributed by atoms with Gasteiger partial charge in [-0.1, -0.05) is 13.3 Å². The Labute approximate surface area is 92.7 Å². The Morgan fingerprint density at radius 2 is 2.20 bits per heavy atom. The quantitative estimate of drug-likeness (QED) is 0.584. The number of hydrogen-bond acceptors (Lipinski definition) is 3. The monoisotopic (exact) mass is 216 g/mol. The Hall–Kier alpha value is -0.610. The summed E-state index contributed by atoms with van der Waals surface area (Å²) in [7, 11) is 1.89. The van der Waals surface area contributed by atoms with Crippen molar-refractivity contribution in [3.05, 3.63) is 0 Å². The van der Waals surface area contributed by atoms with E-state index >= 15 is 0 Å². The maximum Gasteiger partial charge on any atom is 0.234 e. The van der Waals surface area contributed by atoms with Gasteiger partial charge in [0.25, 0.3) is 0 Å². The van der Waals surface area contributed by atoms with Crippen LogP contribution in [0.4, 0.5) is 0 Å². The summed E-state index contributed by atoms with van der Waals surface area (Å²) in [6, 6.07) is 0. The molecule has 1 atom stereocenters. The number of nitrogens with zero attached hydrogens (tertiary/aromatic N) is 1. The molecule has 0 aromatic carbocycles. The lowest BCUT2D eigenvalue weighted by Gasteiger charge is -2.16. The van der Waals surface area contributed by atoms with Gasteiger partial charge in [0.05, 0.1) is 12.6 Å². The van der Waals surface area contributed by atoms with Crippen molar-refractivity contribution in [3.8, 4) is 0 Å². The average Bonchev–Trinajstić information content (AvgIpc) is 2.15. The zero-order chi connectivity index (χ0) is 11.7. The molecule has 1 amide bonds. The van der Waals surface area contributed by atoms with Crippen LogP contribution in [0.3, 0.4) is 0 Å². The number of aliphatic hydroxyl groups is 1. The molecule has 0 aliphatic rings. The Morgan fingerprint density at radius 1 is 1.53 bits per heavy atom. The first-order valence-corrected chi connectivity index (χ1v) is 5.69. The first kappa shape index (κ1) is 14.4. The van der Waals surface area contributed by atoms with Crippen molar-refractivity contribution in [2.45, 2.75) is 39.2 Å². The number of hydrogen-bond donors (Lipinski definition) is 2. The molecule has 0 radical (unpaired) electrons. The fraction of sp³-hybridized carbons (Fsp3) is 0.909. The van der Waals surface area contributed by atoms with Gasteiger partial charge in [-0.25, -0.2) is 0 Å². The minimum atomic E-state index is -0.296. The van der Waals surface area contributed by atoms with Crippen molar-refractivity contribution in [2.24, 2.45) is 0 Å². The van der Waals surface area contributed by atoms with Crippen LogP contribution in [0.15, 0.2) is 0 Å². The summed E-state index contributed by atoms with van der Waals surface area (Å²) in [6.07, 6.45) is 2.54. The van der Waals surface area contributed by atoms with Crippen LogP contribution in [0, 0.1) is 0 Å². The van der Waals surface area contributed by atoms with Gasteiger partial charge in [0, 0.05) is 13.1 Å². The predicted octanol–water partition coefficient (Wildman–Crippen LogP) is 0.605. The Balaban J connectivity index is 3.49. The van der Waals surface area contributed by atoms with E-state index in [4.69, 9.17) is 5.11 Å². The van der Waals surface area contributed by atoms with Crippen LogP contribution < -0.4 is 5.32 Å². The molecule has 0 aliphatic carbocycles. The fourth-order valence-corrected chi connectivity index (χ4v) is 1.19. The maximum absolute atomic E-state index is 11.4. The van der Waals surface area contributed by atoms with Crippen LogP contribution in [0.1, 0.15) is 33.1 Å². The van der Waals surface area contributed by atoms with E-state index in [0.717, 1.165) is 25.9 Å². The van der Waals surface area contributed by atoms with E-state index in [9.17, 15) is 4.79 Å². The van der Waals surface area contributed by atoms with Crippen LogP contribution in [0.25, 0.3) is 0 Å². The van der Waals surface area contributed by atoms with Crippen LogP contribution in [0.5, 0.6) is 0 Å². The van der Waals surface area contributed by atoms with E-state index in [1.807, 2.05) is 11.9 Å². The number of aliphatic hydroxyl groups excluding tert-OH is 1. The van der Waals surface area contributed by atoms with E-state index in [1.165, 1.54) is 0 Å². The van der Waals surface area contributed by atoms with Gasteiger partial charge in [-0.15, -0.1) is 0 Å². The fourth-order valence-electron chi connectivity index (χ4n) is 1.19. The molecule has 15 heavy (non-hydrogen) atoms. The van der Waals surface area contributed by atoms with E-state index in [1.54, 1.807) is 6.92 Å². The van der Waals surface area contributed by atoms with Crippen molar-refractivity contribution >= 4 is 5.91 Å². The summed E-state index contributed by atoms with van der Waals surface area (Å²) >= 11 is 0. The number of carbonyl (C=O) groups is 1. The normalized spacial score (nSPS) is 12.9. The van der Waals surface area contributed by atoms with Crippen molar-refractivity contribution in [1.29, 1.82) is 0 Å². The lowest BCUT2D eigenvalue weighted by molar-refractivity contribution is -0.122. The van der Waals surface area contributed by atoms with Crippen molar-refractivity contribution in [1.82, 2.24) is 10.2 Å². The van der Waals surface area contributed by atoms with E-state index in [0.29, 0.717) is 13.0 Å². The number of amides is 1. The first-order chi connectivity index (χ1) is 7.06. The second kappa shape index (κ2) is 8.68. The molecule has 2 N–H and O–H groups in total. The topological polar surface area (TPSA) is 52.6 Å². The molecule has 0 saturated carbocycles. The van der Waals surface area contributed by atoms with Crippen molar-refractivity contribution in [2.75, 3.05) is 26.7 Å². The van der Waals surface area contributed by atoms with Crippen molar-refractivity contribution in [3.63, 3.8) is 0 Å². The zero-order valence-corrected chi connectivity index (χ0v) is 10.1. The molecule has 0 aromatic rings. The maximum atomic E-state index is 11.4. The summed E-state index contributed by atoms with van der Waals surface area (Å²) in [4.78, 5) is 13.3. The lowest BCUT2D eigenvalue weighted by Crippen LogP contribution is -2.36. The molecule has 0 spiro atoms. The van der Waals surface area contributed by atoms with Gasteiger partial charge in [0.2, 0.25) is 5.91 Å². The van der Waals surface area contributed by atoms with Crippen molar-refractivity contribution < 1.29 is 9.90 Å². The standard InChI is InChI=1S/C11H24N2O2/c1-4-5-7-12-11(15)9-13(3)8-6-10(2)14/h10,14H,4-9H2,1-3H3,(H,12,15). The molecule has 1 unspecified atom stereocenters. The molecular weight excluding hydrogens is 192 g/mol. The second-order valence-corrected chi connectivity index (χ2v) is 4.08. The number of likely N-dealkylation sites (N-methyl/N-ethyl adjacent to an activating group) is 1. The Kier molecular flexibility index (Phi) is 8.33. The van der Waals surface area contributed by atoms with E-state index in [-0.39, 0.29) is 12.0 Å². The highest BCUT2D eigenvalue weighted by Crippen LogP contribution is 1.92. The van der Waals surface area contributed by atoms with Gasteiger partial charge in [-0.2, -0.15) is 0 Å². The van der Waals surface area contributed by atoms with Crippen LogP contribution >= 0.6 is 0 Å². The molecule has 4 heteroatoms. The minimum absolute atomic E-state index is 0.0662. The highest BCUT2D eigenvalue weighted by molar-refractivity contribution is 5.77. The third kappa shape index (κ3) is 9.69. The van der Waals surface area contributed by atoms with Gasteiger partial charge in [0.15, 0.2) is 0 Å². The SMILES string of the molecule is CCCCNC(=O)CN(C)CCC(C)O. The predicted molar refractivity (Wildman–Crippen MR) is 61.7 cm³/mol. The summed E-state index contributed by atoms with van der Waals surface area (Å²) in [5.74, 6) is 0.0662. The van der Waals surface area contributed by atoms with Gasteiger partial charge in [0.1, 0.15) is 0 Å². The molecule has 0 bridgehead atoms. The Bertz CT molecular complexity index is 172. The molecule has 90 valence electrons. The van der Waals surface area contributed by atoms with Crippen LogP contribution in [-0.2, 0) is 4.79 Å². The largest absolute Gasteiger partial charge is 0.393 e. The minimum Gasteiger partial charge on any atom is -0.393 e. The number of unbranched alkanes of at least 4 members (excludes halogenated alkanes) is 1. The summed E-state index contributed by atoms with van der Waals surface area (Å²) in [5, 5.41) is 11.9. The number of carbonyl (C=O) groups excluding carboxylic acids is 1. The third-order valence-electron chi connectivity index (χ3n) is 2.19. The summed E-state index contributed by atoms with van der Waals surface area (Å²) in [5.41, 5.74) is 0. The van der Waals surface area contributed by atoms with E-state index < -0.39 is 0 Å². The molecule has 0 aliphatic heterocycles. The third-order valence-corrected chi connectivity index (χ3v) is 2.19. The van der Waals surface area contributed by atoms with Gasteiger partial charge in [-0.05, 0) is 26.8 Å². The number of rotatable bonds is 8. The first-order valence-electron chi connectivity index (χ1n) is 5.69. The number of nitrogens with one attached hydrogen (secondary N) is 1. The highest BCUT2D eigenvalue weighted by Gasteiger charge is 2.06. The zero-order valence-electron chi connectivity index (χ0n) is 10.1. The van der Waals surface area contributed by atoms with Crippen LogP contribution in [-0.4, -0.2) is 48.7 Å². The average molecular weight is 216 g/mol. The smallest absolute Gasteiger partial charge is 0.234 e. The molecule has 4 nitrogen and oxygen atoms in total. The van der Waals surface area contributed by atoms with Gasteiger partial charge in [-0.3, -0.25) is 9.69 Å². The molecule has 0 fully saturated rings. The second-order valence-electron chi connectivity index (χ2n) is 4.08. The summed E-state index contributed by atoms with van der Waals surface area (Å²) < 4.78 is 0. The highest BCUT2D eigenvalue weighted by atomic mass is 16.3. The molecule has 0 aromatic heterocycles. The molecular formula is C11H24N2O2. The lowest BCUT2D eigenvalue weighted by atomic mass is 10.3.